The fourth-order valence-corrected chi connectivity index (χ4v) is 2.47. The SMILES string of the molecule is CNCc1cc(OCCN2CCOCC2)ccc1Br. The van der Waals surface area contributed by atoms with Gasteiger partial charge in [-0.1, -0.05) is 15.9 Å². The lowest BCUT2D eigenvalue weighted by Gasteiger charge is -2.26. The molecule has 106 valence electrons. The third-order valence-corrected chi connectivity index (χ3v) is 3.94. The monoisotopic (exact) mass is 328 g/mol. The van der Waals surface area contributed by atoms with Gasteiger partial charge in [0.2, 0.25) is 0 Å². The Bertz CT molecular complexity index is 395. The molecule has 19 heavy (non-hydrogen) atoms. The molecule has 1 heterocycles. The van der Waals surface area contributed by atoms with Crippen LogP contribution in [0.4, 0.5) is 0 Å². The highest BCUT2D eigenvalue weighted by molar-refractivity contribution is 9.10. The smallest absolute Gasteiger partial charge is 0.119 e. The summed E-state index contributed by atoms with van der Waals surface area (Å²) < 4.78 is 12.3. The topological polar surface area (TPSA) is 33.7 Å². The Hall–Kier alpha value is -0.620. The van der Waals surface area contributed by atoms with Crippen molar-refractivity contribution in [1.82, 2.24) is 10.2 Å². The summed E-state index contributed by atoms with van der Waals surface area (Å²) in [6.45, 7) is 6.21. The number of nitrogens with one attached hydrogen (secondary N) is 1. The van der Waals surface area contributed by atoms with Crippen molar-refractivity contribution in [2.24, 2.45) is 0 Å². The van der Waals surface area contributed by atoms with Crippen molar-refractivity contribution in [2.75, 3.05) is 46.5 Å². The molecule has 0 bridgehead atoms. The average Bonchev–Trinajstić information content (AvgIpc) is 2.44. The van der Waals surface area contributed by atoms with Gasteiger partial charge in [0.15, 0.2) is 0 Å². The van der Waals surface area contributed by atoms with Crippen molar-refractivity contribution in [2.45, 2.75) is 6.54 Å². The Morgan fingerprint density at radius 3 is 2.89 bits per heavy atom. The summed E-state index contributed by atoms with van der Waals surface area (Å²) in [6.07, 6.45) is 0. The van der Waals surface area contributed by atoms with Gasteiger partial charge in [0, 0.05) is 30.7 Å². The molecule has 4 nitrogen and oxygen atoms in total. The number of hydrogen-bond acceptors (Lipinski definition) is 4. The zero-order valence-corrected chi connectivity index (χ0v) is 12.9. The molecule has 1 N–H and O–H groups in total. The van der Waals surface area contributed by atoms with Gasteiger partial charge in [-0.15, -0.1) is 0 Å². The Morgan fingerprint density at radius 1 is 1.37 bits per heavy atom. The van der Waals surface area contributed by atoms with Crippen LogP contribution in [0.25, 0.3) is 0 Å². The first-order valence-electron chi connectivity index (χ1n) is 6.65. The number of benzene rings is 1. The average molecular weight is 329 g/mol. The molecule has 1 aromatic carbocycles. The Kier molecular flexibility index (Phi) is 6.10. The Labute approximate surface area is 123 Å². The number of halogens is 1. The Balaban J connectivity index is 1.80. The summed E-state index contributed by atoms with van der Waals surface area (Å²) in [4.78, 5) is 2.37. The van der Waals surface area contributed by atoms with E-state index in [1.54, 1.807) is 0 Å². The molecule has 5 heteroatoms. The lowest BCUT2D eigenvalue weighted by molar-refractivity contribution is 0.0322. The molecule has 0 radical (unpaired) electrons. The van der Waals surface area contributed by atoms with E-state index in [1.165, 1.54) is 5.56 Å². The Morgan fingerprint density at radius 2 is 2.16 bits per heavy atom. The standard InChI is InChI=1S/C14H21BrN2O2/c1-16-11-12-10-13(2-3-14(12)15)19-9-6-17-4-7-18-8-5-17/h2-3,10,16H,4-9,11H2,1H3. The maximum absolute atomic E-state index is 5.82. The van der Waals surface area contributed by atoms with Crippen LogP contribution in [0.3, 0.4) is 0 Å². The molecule has 0 amide bonds. The molecule has 0 aromatic heterocycles. The first kappa shape index (κ1) is 14.8. The number of rotatable bonds is 6. The van der Waals surface area contributed by atoms with Gasteiger partial charge in [0.05, 0.1) is 13.2 Å². The van der Waals surface area contributed by atoms with Crippen LogP contribution in [0.5, 0.6) is 5.75 Å². The summed E-state index contributed by atoms with van der Waals surface area (Å²) in [5, 5.41) is 3.15. The molecular weight excluding hydrogens is 308 g/mol. The largest absolute Gasteiger partial charge is 0.492 e. The van der Waals surface area contributed by atoms with Crippen LogP contribution in [0, 0.1) is 0 Å². The van der Waals surface area contributed by atoms with Crippen LogP contribution in [0.15, 0.2) is 22.7 Å². The third-order valence-electron chi connectivity index (χ3n) is 3.16. The van der Waals surface area contributed by atoms with E-state index in [4.69, 9.17) is 9.47 Å². The lowest BCUT2D eigenvalue weighted by atomic mass is 10.2. The van der Waals surface area contributed by atoms with Gasteiger partial charge >= 0.3 is 0 Å². The molecule has 1 saturated heterocycles. The van der Waals surface area contributed by atoms with E-state index in [1.807, 2.05) is 19.2 Å². The number of morpholine rings is 1. The van der Waals surface area contributed by atoms with Crippen LogP contribution in [0.1, 0.15) is 5.56 Å². The van der Waals surface area contributed by atoms with E-state index >= 15 is 0 Å². The molecule has 0 aliphatic carbocycles. The molecule has 0 unspecified atom stereocenters. The molecule has 1 aliphatic heterocycles. The van der Waals surface area contributed by atoms with Gasteiger partial charge < -0.3 is 14.8 Å². The van der Waals surface area contributed by atoms with Gasteiger partial charge in [-0.3, -0.25) is 4.90 Å². The second-order valence-corrected chi connectivity index (χ2v) is 5.44. The van der Waals surface area contributed by atoms with Crippen molar-refractivity contribution < 1.29 is 9.47 Å². The van der Waals surface area contributed by atoms with Crippen LogP contribution in [-0.2, 0) is 11.3 Å². The quantitative estimate of drug-likeness (QED) is 0.864. The van der Waals surface area contributed by atoms with E-state index in [-0.39, 0.29) is 0 Å². The molecular formula is C14H21BrN2O2. The van der Waals surface area contributed by atoms with Crippen molar-refractivity contribution >= 4 is 15.9 Å². The van der Waals surface area contributed by atoms with E-state index in [0.717, 1.165) is 56.2 Å². The molecule has 1 aromatic rings. The minimum Gasteiger partial charge on any atom is -0.492 e. The third kappa shape index (κ3) is 4.76. The van der Waals surface area contributed by atoms with Crippen LogP contribution in [-0.4, -0.2) is 51.4 Å². The van der Waals surface area contributed by atoms with Gasteiger partial charge in [0.1, 0.15) is 12.4 Å². The first-order chi connectivity index (χ1) is 9.29. The molecule has 1 aliphatic rings. The summed E-state index contributed by atoms with van der Waals surface area (Å²) in [7, 11) is 1.94. The predicted octanol–water partition coefficient (Wildman–Crippen LogP) is 1.88. The number of ether oxygens (including phenoxy) is 2. The number of nitrogens with zero attached hydrogens (tertiary/aromatic N) is 1. The zero-order chi connectivity index (χ0) is 13.5. The van der Waals surface area contributed by atoms with Crippen LogP contribution >= 0.6 is 15.9 Å². The van der Waals surface area contributed by atoms with Gasteiger partial charge in [-0.2, -0.15) is 0 Å². The molecule has 0 spiro atoms. The normalized spacial score (nSPS) is 16.5. The second kappa shape index (κ2) is 7.85. The minimum atomic E-state index is 0.723. The summed E-state index contributed by atoms with van der Waals surface area (Å²) in [5.41, 5.74) is 1.21. The van der Waals surface area contributed by atoms with Gasteiger partial charge in [-0.25, -0.2) is 0 Å². The van der Waals surface area contributed by atoms with Crippen LogP contribution in [0.2, 0.25) is 0 Å². The highest BCUT2D eigenvalue weighted by atomic mass is 79.9. The van der Waals surface area contributed by atoms with Crippen LogP contribution < -0.4 is 10.1 Å². The first-order valence-corrected chi connectivity index (χ1v) is 7.45. The number of hydrogen-bond donors (Lipinski definition) is 1. The van der Waals surface area contributed by atoms with Crippen molar-refractivity contribution in [3.63, 3.8) is 0 Å². The maximum Gasteiger partial charge on any atom is 0.119 e. The molecule has 0 atom stereocenters. The highest BCUT2D eigenvalue weighted by Gasteiger charge is 2.10. The van der Waals surface area contributed by atoms with Crippen molar-refractivity contribution in [3.05, 3.63) is 28.2 Å². The predicted molar refractivity (Wildman–Crippen MR) is 79.7 cm³/mol. The van der Waals surface area contributed by atoms with E-state index < -0.39 is 0 Å². The fourth-order valence-electron chi connectivity index (χ4n) is 2.08. The lowest BCUT2D eigenvalue weighted by Crippen LogP contribution is -2.38. The van der Waals surface area contributed by atoms with E-state index in [9.17, 15) is 0 Å². The second-order valence-electron chi connectivity index (χ2n) is 4.59. The summed E-state index contributed by atoms with van der Waals surface area (Å²) >= 11 is 3.54. The van der Waals surface area contributed by atoms with Gasteiger partial charge in [-0.05, 0) is 30.8 Å². The van der Waals surface area contributed by atoms with E-state index in [0.29, 0.717) is 0 Å². The van der Waals surface area contributed by atoms with Gasteiger partial charge in [0.25, 0.3) is 0 Å². The summed E-state index contributed by atoms with van der Waals surface area (Å²) in [6, 6.07) is 6.12. The molecule has 2 rings (SSSR count). The van der Waals surface area contributed by atoms with Crippen molar-refractivity contribution in [3.8, 4) is 5.75 Å². The molecule has 1 fully saturated rings. The van der Waals surface area contributed by atoms with E-state index in [2.05, 4.69) is 32.2 Å². The molecule has 0 saturated carbocycles. The summed E-state index contributed by atoms with van der Waals surface area (Å²) in [5.74, 6) is 0.932. The maximum atomic E-state index is 5.82. The van der Waals surface area contributed by atoms with Crippen molar-refractivity contribution in [1.29, 1.82) is 0 Å². The zero-order valence-electron chi connectivity index (χ0n) is 11.3. The minimum absolute atomic E-state index is 0.723. The fraction of sp³-hybridized carbons (Fsp3) is 0.571. The highest BCUT2D eigenvalue weighted by Crippen LogP contribution is 2.22.